The number of hydrogen-bond donors (Lipinski definition) is 2. The highest BCUT2D eigenvalue weighted by atomic mass is 32.2. The second kappa shape index (κ2) is 9.76. The molecule has 1 atom stereocenters. The van der Waals surface area contributed by atoms with E-state index < -0.39 is 10.0 Å². The van der Waals surface area contributed by atoms with E-state index in [-0.39, 0.29) is 29.5 Å². The van der Waals surface area contributed by atoms with E-state index in [1.54, 1.807) is 33.9 Å². The van der Waals surface area contributed by atoms with E-state index in [0.29, 0.717) is 17.1 Å². The molecule has 8 heteroatoms. The average molecular weight is 421 g/mol. The number of hydrogen-bond acceptors (Lipinski definition) is 5. The van der Waals surface area contributed by atoms with Gasteiger partial charge in [-0.2, -0.15) is 0 Å². The Labute approximate surface area is 172 Å². The first-order chi connectivity index (χ1) is 13.6. The van der Waals surface area contributed by atoms with Crippen LogP contribution in [0.15, 0.2) is 47.4 Å². The molecule has 1 amide bonds. The Bertz CT molecular complexity index is 957. The van der Waals surface area contributed by atoms with Crippen LogP contribution in [0.1, 0.15) is 37.9 Å². The van der Waals surface area contributed by atoms with Gasteiger partial charge in [0.25, 0.3) is 5.91 Å². The lowest BCUT2D eigenvalue weighted by molar-refractivity contribution is -0.123. The molecular formula is C21H28N2O5S. The number of amides is 1. The van der Waals surface area contributed by atoms with Gasteiger partial charge in [0.1, 0.15) is 11.5 Å². The van der Waals surface area contributed by atoms with Crippen molar-refractivity contribution in [1.82, 2.24) is 10.0 Å². The van der Waals surface area contributed by atoms with E-state index >= 15 is 0 Å². The molecular weight excluding hydrogens is 392 g/mol. The average Bonchev–Trinajstić information content (AvgIpc) is 2.65. The Morgan fingerprint density at radius 2 is 1.76 bits per heavy atom. The molecule has 2 N–H and O–H groups in total. The Hall–Kier alpha value is -2.58. The molecule has 7 nitrogen and oxygen atoms in total. The van der Waals surface area contributed by atoms with Crippen molar-refractivity contribution in [1.29, 1.82) is 0 Å². The van der Waals surface area contributed by atoms with Gasteiger partial charge in [0, 0.05) is 11.6 Å². The molecule has 158 valence electrons. The van der Waals surface area contributed by atoms with Gasteiger partial charge in [-0.15, -0.1) is 0 Å². The Kier molecular flexibility index (Phi) is 7.64. The lowest BCUT2D eigenvalue weighted by atomic mass is 10.1. The Morgan fingerprint density at radius 1 is 1.07 bits per heavy atom. The van der Waals surface area contributed by atoms with E-state index in [9.17, 15) is 13.2 Å². The van der Waals surface area contributed by atoms with Crippen molar-refractivity contribution in [3.63, 3.8) is 0 Å². The van der Waals surface area contributed by atoms with Crippen LogP contribution < -0.4 is 19.5 Å². The maximum absolute atomic E-state index is 12.3. The first kappa shape index (κ1) is 22.7. The molecule has 0 aliphatic carbocycles. The smallest absolute Gasteiger partial charge is 0.258 e. The van der Waals surface area contributed by atoms with Crippen LogP contribution >= 0.6 is 0 Å². The molecule has 0 unspecified atom stereocenters. The summed E-state index contributed by atoms with van der Waals surface area (Å²) in [5.41, 5.74) is 1.49. The largest absolute Gasteiger partial charge is 0.496 e. The van der Waals surface area contributed by atoms with Crippen molar-refractivity contribution in [2.45, 2.75) is 44.7 Å². The normalized spacial score (nSPS) is 12.5. The third-order valence-corrected chi connectivity index (χ3v) is 5.85. The van der Waals surface area contributed by atoms with E-state index in [1.165, 1.54) is 12.1 Å². The van der Waals surface area contributed by atoms with Crippen LogP contribution in [0.4, 0.5) is 0 Å². The molecule has 0 fully saturated rings. The predicted octanol–water partition coefficient (Wildman–Crippen LogP) is 2.95. The number of para-hydroxylation sites is 1. The molecule has 0 spiro atoms. The number of nitrogens with one attached hydrogen (secondary N) is 2. The molecule has 0 radical (unpaired) electrons. The van der Waals surface area contributed by atoms with Crippen molar-refractivity contribution in [3.05, 3.63) is 53.6 Å². The lowest BCUT2D eigenvalue weighted by Gasteiger charge is -2.18. The molecule has 2 rings (SSSR count). The van der Waals surface area contributed by atoms with Crippen LogP contribution in [-0.4, -0.2) is 34.1 Å². The summed E-state index contributed by atoms with van der Waals surface area (Å²) in [5, 5.41) is 2.87. The van der Waals surface area contributed by atoms with Crippen molar-refractivity contribution in [2.75, 3.05) is 13.7 Å². The summed E-state index contributed by atoms with van der Waals surface area (Å²) < 4.78 is 37.9. The molecule has 0 bridgehead atoms. The number of rotatable bonds is 9. The molecule has 0 heterocycles. The van der Waals surface area contributed by atoms with Gasteiger partial charge in [-0.3, -0.25) is 4.79 Å². The standard InChI is InChI=1S/C21H28N2O5S/c1-14(2)23-29(25,26)17-10-11-19(15(3)12-17)28-13-21(24)22-16(4)18-8-6-7-9-20(18)27-5/h6-12,14,16,23H,13H2,1-5H3,(H,22,24)/t16-/m0/s1. The summed E-state index contributed by atoms with van der Waals surface area (Å²) in [6, 6.07) is 11.6. The summed E-state index contributed by atoms with van der Waals surface area (Å²) in [6.45, 7) is 6.93. The number of sulfonamides is 1. The second-order valence-electron chi connectivity index (χ2n) is 7.02. The number of ether oxygens (including phenoxy) is 2. The van der Waals surface area contributed by atoms with Crippen molar-refractivity contribution >= 4 is 15.9 Å². The molecule has 0 saturated carbocycles. The number of aryl methyl sites for hydroxylation is 1. The molecule has 0 aliphatic heterocycles. The van der Waals surface area contributed by atoms with Crippen LogP contribution in [-0.2, 0) is 14.8 Å². The number of carbonyl (C=O) groups excluding carboxylic acids is 1. The van der Waals surface area contributed by atoms with Crippen molar-refractivity contribution < 1.29 is 22.7 Å². The van der Waals surface area contributed by atoms with Gasteiger partial charge >= 0.3 is 0 Å². The highest BCUT2D eigenvalue weighted by Crippen LogP contribution is 2.25. The fraction of sp³-hybridized carbons (Fsp3) is 0.381. The van der Waals surface area contributed by atoms with Gasteiger partial charge in [0.2, 0.25) is 10.0 Å². The molecule has 2 aromatic rings. The maximum Gasteiger partial charge on any atom is 0.258 e. The summed E-state index contributed by atoms with van der Waals surface area (Å²) in [4.78, 5) is 12.4. The number of methoxy groups -OCH3 is 1. The zero-order chi connectivity index (χ0) is 21.6. The van der Waals surface area contributed by atoms with E-state index in [1.807, 2.05) is 31.2 Å². The quantitative estimate of drug-likeness (QED) is 0.651. The van der Waals surface area contributed by atoms with Gasteiger partial charge in [0.05, 0.1) is 18.0 Å². The molecule has 29 heavy (non-hydrogen) atoms. The minimum atomic E-state index is -3.58. The van der Waals surface area contributed by atoms with Gasteiger partial charge in [0.15, 0.2) is 6.61 Å². The van der Waals surface area contributed by atoms with E-state index in [0.717, 1.165) is 5.56 Å². The summed E-state index contributed by atoms with van der Waals surface area (Å²) in [6.07, 6.45) is 0. The maximum atomic E-state index is 12.3. The predicted molar refractivity (Wildman–Crippen MR) is 112 cm³/mol. The molecule has 0 aliphatic rings. The zero-order valence-electron chi connectivity index (χ0n) is 17.4. The monoisotopic (exact) mass is 420 g/mol. The number of benzene rings is 2. The van der Waals surface area contributed by atoms with E-state index in [2.05, 4.69) is 10.0 Å². The second-order valence-corrected chi connectivity index (χ2v) is 8.74. The topological polar surface area (TPSA) is 93.7 Å². The minimum Gasteiger partial charge on any atom is -0.496 e. The van der Waals surface area contributed by atoms with Gasteiger partial charge < -0.3 is 14.8 Å². The van der Waals surface area contributed by atoms with Gasteiger partial charge in [-0.1, -0.05) is 18.2 Å². The Balaban J connectivity index is 2.00. The molecule has 2 aromatic carbocycles. The van der Waals surface area contributed by atoms with Crippen LogP contribution in [0.2, 0.25) is 0 Å². The zero-order valence-corrected chi connectivity index (χ0v) is 18.2. The third kappa shape index (κ3) is 6.20. The summed E-state index contributed by atoms with van der Waals surface area (Å²) in [5.74, 6) is 0.860. The summed E-state index contributed by atoms with van der Waals surface area (Å²) >= 11 is 0. The van der Waals surface area contributed by atoms with Crippen LogP contribution in [0, 0.1) is 6.92 Å². The van der Waals surface area contributed by atoms with Crippen molar-refractivity contribution in [3.8, 4) is 11.5 Å². The fourth-order valence-electron chi connectivity index (χ4n) is 2.86. The first-order valence-electron chi connectivity index (χ1n) is 9.32. The number of carbonyl (C=O) groups is 1. The SMILES string of the molecule is COc1ccccc1[C@H](C)NC(=O)COc1ccc(S(=O)(=O)NC(C)C)cc1C. The molecule has 0 saturated heterocycles. The van der Waals surface area contributed by atoms with E-state index in [4.69, 9.17) is 9.47 Å². The van der Waals surface area contributed by atoms with Gasteiger partial charge in [-0.25, -0.2) is 13.1 Å². The first-order valence-corrected chi connectivity index (χ1v) is 10.8. The summed E-state index contributed by atoms with van der Waals surface area (Å²) in [7, 11) is -2.00. The minimum absolute atomic E-state index is 0.158. The molecule has 0 aromatic heterocycles. The lowest BCUT2D eigenvalue weighted by Crippen LogP contribution is -2.31. The Morgan fingerprint density at radius 3 is 2.38 bits per heavy atom. The fourth-order valence-corrected chi connectivity index (χ4v) is 4.19. The third-order valence-electron chi connectivity index (χ3n) is 4.19. The van der Waals surface area contributed by atoms with Crippen LogP contribution in [0.25, 0.3) is 0 Å². The van der Waals surface area contributed by atoms with Crippen molar-refractivity contribution in [2.24, 2.45) is 0 Å². The van der Waals surface area contributed by atoms with Gasteiger partial charge in [-0.05, 0) is 57.5 Å². The van der Waals surface area contributed by atoms with Crippen LogP contribution in [0.5, 0.6) is 11.5 Å². The van der Waals surface area contributed by atoms with Crippen LogP contribution in [0.3, 0.4) is 0 Å². The highest BCUT2D eigenvalue weighted by Gasteiger charge is 2.18. The highest BCUT2D eigenvalue weighted by molar-refractivity contribution is 7.89.